The van der Waals surface area contributed by atoms with Crippen molar-refractivity contribution in [3.05, 3.63) is 23.9 Å². The Morgan fingerprint density at radius 2 is 2.15 bits per heavy atom. The van der Waals surface area contributed by atoms with Crippen molar-refractivity contribution in [2.45, 2.75) is 64.3 Å². The van der Waals surface area contributed by atoms with Gasteiger partial charge in [-0.2, -0.15) is 0 Å². The normalized spacial score (nSPS) is 27.4. The standard InChI is InChI=1S/C17H29N3/c1-13-6-5-9-17(10-13,12-18)20-15-8-7-14(11-19-15)16(2,3)4/h7-8,11,13H,5-6,9-10,12,18H2,1-4H3,(H,19,20). The van der Waals surface area contributed by atoms with E-state index in [9.17, 15) is 0 Å². The molecule has 1 fully saturated rings. The van der Waals surface area contributed by atoms with Gasteiger partial charge in [0.05, 0.1) is 5.54 Å². The molecule has 0 saturated heterocycles. The second-order valence-corrected chi connectivity index (χ2v) is 7.49. The maximum atomic E-state index is 6.06. The first-order valence-corrected chi connectivity index (χ1v) is 7.79. The number of nitrogens with zero attached hydrogens (tertiary/aromatic N) is 1. The Balaban J connectivity index is 2.12. The SMILES string of the molecule is CC1CCCC(CN)(Nc2ccc(C(C)(C)C)cn2)C1. The van der Waals surface area contributed by atoms with Crippen LogP contribution >= 0.6 is 0 Å². The third kappa shape index (κ3) is 3.51. The minimum absolute atomic E-state index is 0.0356. The largest absolute Gasteiger partial charge is 0.363 e. The lowest BCUT2D eigenvalue weighted by Crippen LogP contribution is -2.48. The van der Waals surface area contributed by atoms with Gasteiger partial charge >= 0.3 is 0 Å². The molecule has 2 atom stereocenters. The van der Waals surface area contributed by atoms with E-state index < -0.39 is 0 Å². The molecule has 1 saturated carbocycles. The molecule has 112 valence electrons. The summed E-state index contributed by atoms with van der Waals surface area (Å²) in [7, 11) is 0. The molecule has 20 heavy (non-hydrogen) atoms. The van der Waals surface area contributed by atoms with Crippen LogP contribution in [0.4, 0.5) is 5.82 Å². The summed E-state index contributed by atoms with van der Waals surface area (Å²) < 4.78 is 0. The van der Waals surface area contributed by atoms with Crippen LogP contribution in [0.3, 0.4) is 0 Å². The first-order chi connectivity index (χ1) is 9.35. The Bertz CT molecular complexity index is 433. The molecule has 1 heterocycles. The zero-order valence-electron chi connectivity index (χ0n) is 13.4. The van der Waals surface area contributed by atoms with E-state index in [0.717, 1.165) is 24.6 Å². The Kier molecular flexibility index (Phi) is 4.38. The molecule has 0 bridgehead atoms. The quantitative estimate of drug-likeness (QED) is 0.884. The molecule has 0 aromatic carbocycles. The highest BCUT2D eigenvalue weighted by atomic mass is 15.1. The summed E-state index contributed by atoms with van der Waals surface area (Å²) in [5.41, 5.74) is 7.51. The first kappa shape index (κ1) is 15.3. The van der Waals surface area contributed by atoms with Gasteiger partial charge in [-0.05, 0) is 35.8 Å². The molecule has 1 aliphatic rings. The summed E-state index contributed by atoms with van der Waals surface area (Å²) in [5.74, 6) is 1.70. The van der Waals surface area contributed by atoms with Crippen molar-refractivity contribution >= 4 is 5.82 Å². The molecular formula is C17H29N3. The maximum Gasteiger partial charge on any atom is 0.126 e. The molecule has 0 amide bonds. The summed E-state index contributed by atoms with van der Waals surface area (Å²) in [5, 5.41) is 3.62. The van der Waals surface area contributed by atoms with Crippen LogP contribution in [0.5, 0.6) is 0 Å². The van der Waals surface area contributed by atoms with Gasteiger partial charge in [-0.15, -0.1) is 0 Å². The van der Waals surface area contributed by atoms with Gasteiger partial charge in [-0.3, -0.25) is 0 Å². The van der Waals surface area contributed by atoms with E-state index in [1.54, 1.807) is 0 Å². The molecule has 2 unspecified atom stereocenters. The summed E-state index contributed by atoms with van der Waals surface area (Å²) in [6.07, 6.45) is 6.85. The Morgan fingerprint density at radius 3 is 2.65 bits per heavy atom. The molecule has 0 spiro atoms. The fraction of sp³-hybridized carbons (Fsp3) is 0.706. The van der Waals surface area contributed by atoms with E-state index in [2.05, 4.69) is 50.1 Å². The van der Waals surface area contributed by atoms with Crippen molar-refractivity contribution in [3.63, 3.8) is 0 Å². The lowest BCUT2D eigenvalue weighted by molar-refractivity contribution is 0.263. The van der Waals surface area contributed by atoms with Gasteiger partial charge in [0.1, 0.15) is 5.82 Å². The molecule has 0 radical (unpaired) electrons. The van der Waals surface area contributed by atoms with E-state index in [1.807, 2.05) is 6.20 Å². The van der Waals surface area contributed by atoms with E-state index in [-0.39, 0.29) is 11.0 Å². The van der Waals surface area contributed by atoms with Crippen molar-refractivity contribution in [1.29, 1.82) is 0 Å². The predicted octanol–water partition coefficient (Wildman–Crippen LogP) is 3.70. The molecule has 1 aromatic rings. The molecule has 3 nitrogen and oxygen atoms in total. The summed E-state index contributed by atoms with van der Waals surface area (Å²) in [6.45, 7) is 9.63. The summed E-state index contributed by atoms with van der Waals surface area (Å²) in [6, 6.07) is 4.27. The average molecular weight is 275 g/mol. The van der Waals surface area contributed by atoms with E-state index in [0.29, 0.717) is 6.54 Å². The molecule has 1 aliphatic carbocycles. The number of nitrogens with two attached hydrogens (primary N) is 1. The first-order valence-electron chi connectivity index (χ1n) is 7.79. The molecule has 3 N–H and O–H groups in total. The van der Waals surface area contributed by atoms with Gasteiger partial charge in [0.25, 0.3) is 0 Å². The Hall–Kier alpha value is -1.09. The van der Waals surface area contributed by atoms with Gasteiger partial charge in [-0.1, -0.05) is 46.6 Å². The van der Waals surface area contributed by atoms with Gasteiger partial charge in [0.15, 0.2) is 0 Å². The predicted molar refractivity (Wildman–Crippen MR) is 86.0 cm³/mol. The van der Waals surface area contributed by atoms with E-state index >= 15 is 0 Å². The van der Waals surface area contributed by atoms with Crippen LogP contribution in [0.15, 0.2) is 18.3 Å². The highest BCUT2D eigenvalue weighted by molar-refractivity contribution is 5.40. The van der Waals surface area contributed by atoms with Crippen molar-refractivity contribution in [2.24, 2.45) is 11.7 Å². The van der Waals surface area contributed by atoms with Gasteiger partial charge < -0.3 is 11.1 Å². The second kappa shape index (κ2) is 5.72. The number of aromatic nitrogens is 1. The molecule has 2 rings (SSSR count). The van der Waals surface area contributed by atoms with Gasteiger partial charge in [0.2, 0.25) is 0 Å². The van der Waals surface area contributed by atoms with E-state index in [1.165, 1.54) is 18.4 Å². The van der Waals surface area contributed by atoms with Crippen LogP contribution in [0.25, 0.3) is 0 Å². The number of rotatable bonds is 3. The maximum absolute atomic E-state index is 6.06. The smallest absolute Gasteiger partial charge is 0.126 e. The number of hydrogen-bond donors (Lipinski definition) is 2. The highest BCUT2D eigenvalue weighted by Crippen LogP contribution is 2.34. The lowest BCUT2D eigenvalue weighted by atomic mass is 9.76. The number of anilines is 1. The van der Waals surface area contributed by atoms with Crippen LogP contribution in [-0.2, 0) is 5.41 Å². The number of nitrogens with one attached hydrogen (secondary N) is 1. The number of hydrogen-bond acceptors (Lipinski definition) is 3. The van der Waals surface area contributed by atoms with Crippen LogP contribution in [0.1, 0.15) is 58.9 Å². The van der Waals surface area contributed by atoms with Crippen LogP contribution in [-0.4, -0.2) is 17.1 Å². The fourth-order valence-corrected chi connectivity index (χ4v) is 3.19. The molecular weight excluding hydrogens is 246 g/mol. The summed E-state index contributed by atoms with van der Waals surface area (Å²) in [4.78, 5) is 4.59. The van der Waals surface area contributed by atoms with Crippen molar-refractivity contribution in [1.82, 2.24) is 4.98 Å². The summed E-state index contributed by atoms with van der Waals surface area (Å²) >= 11 is 0. The second-order valence-electron chi connectivity index (χ2n) is 7.49. The average Bonchev–Trinajstić information content (AvgIpc) is 2.38. The van der Waals surface area contributed by atoms with Gasteiger partial charge in [-0.25, -0.2) is 4.98 Å². The highest BCUT2D eigenvalue weighted by Gasteiger charge is 2.33. The van der Waals surface area contributed by atoms with Crippen molar-refractivity contribution in [2.75, 3.05) is 11.9 Å². The van der Waals surface area contributed by atoms with Crippen molar-refractivity contribution in [3.8, 4) is 0 Å². The Morgan fingerprint density at radius 1 is 1.40 bits per heavy atom. The zero-order chi connectivity index (χ0) is 14.8. The van der Waals surface area contributed by atoms with Crippen LogP contribution in [0.2, 0.25) is 0 Å². The fourth-order valence-electron chi connectivity index (χ4n) is 3.19. The third-order valence-electron chi connectivity index (χ3n) is 4.50. The van der Waals surface area contributed by atoms with Crippen LogP contribution in [0, 0.1) is 5.92 Å². The van der Waals surface area contributed by atoms with Crippen LogP contribution < -0.4 is 11.1 Å². The monoisotopic (exact) mass is 275 g/mol. The minimum Gasteiger partial charge on any atom is -0.363 e. The minimum atomic E-state index is 0.0356. The zero-order valence-corrected chi connectivity index (χ0v) is 13.4. The van der Waals surface area contributed by atoms with Gasteiger partial charge in [0, 0.05) is 12.7 Å². The Labute approximate surface area is 123 Å². The molecule has 0 aliphatic heterocycles. The molecule has 1 aromatic heterocycles. The van der Waals surface area contributed by atoms with Crippen molar-refractivity contribution < 1.29 is 0 Å². The van der Waals surface area contributed by atoms with E-state index in [4.69, 9.17) is 5.73 Å². The third-order valence-corrected chi connectivity index (χ3v) is 4.50. The lowest BCUT2D eigenvalue weighted by Gasteiger charge is -2.40. The number of pyridine rings is 1. The molecule has 3 heteroatoms. The topological polar surface area (TPSA) is 50.9 Å².